The van der Waals surface area contributed by atoms with Gasteiger partial charge >= 0.3 is 0 Å². The van der Waals surface area contributed by atoms with Gasteiger partial charge in [-0.3, -0.25) is 9.59 Å². The number of amides is 2. The van der Waals surface area contributed by atoms with Crippen molar-refractivity contribution in [1.82, 2.24) is 20.2 Å². The molecule has 0 radical (unpaired) electrons. The zero-order valence-corrected chi connectivity index (χ0v) is 15.0. The summed E-state index contributed by atoms with van der Waals surface area (Å²) in [6.07, 6.45) is 2.90. The van der Waals surface area contributed by atoms with Crippen molar-refractivity contribution in [2.75, 3.05) is 6.54 Å². The van der Waals surface area contributed by atoms with Crippen molar-refractivity contribution in [1.29, 1.82) is 0 Å². The van der Waals surface area contributed by atoms with Gasteiger partial charge in [0.15, 0.2) is 0 Å². The molecule has 0 bridgehead atoms. The quantitative estimate of drug-likeness (QED) is 0.731. The standard InChI is InChI=1S/C21H22N4O2/c26-20-9-8-17(12-22-20)21(27)23-11-15-4-3-5-16(10-15)13-25-14-24-18-6-1-2-7-19(18)25/h1-7,10,14,17H,8-9,11-13H2,(H,22,26)(H,23,27). The summed E-state index contributed by atoms with van der Waals surface area (Å²) in [6.45, 7) is 1.65. The Balaban J connectivity index is 1.39. The molecule has 138 valence electrons. The highest BCUT2D eigenvalue weighted by atomic mass is 16.2. The molecular weight excluding hydrogens is 340 g/mol. The molecule has 1 atom stereocenters. The zero-order valence-electron chi connectivity index (χ0n) is 15.0. The van der Waals surface area contributed by atoms with Crippen LogP contribution >= 0.6 is 0 Å². The van der Waals surface area contributed by atoms with Gasteiger partial charge in [-0.15, -0.1) is 0 Å². The van der Waals surface area contributed by atoms with E-state index in [1.165, 1.54) is 0 Å². The number of carbonyl (C=O) groups excluding carboxylic acids is 2. The molecule has 27 heavy (non-hydrogen) atoms. The third kappa shape index (κ3) is 4.00. The molecule has 2 aromatic carbocycles. The summed E-state index contributed by atoms with van der Waals surface area (Å²) in [5.74, 6) is -0.108. The summed E-state index contributed by atoms with van der Waals surface area (Å²) >= 11 is 0. The van der Waals surface area contributed by atoms with Crippen molar-refractivity contribution >= 4 is 22.8 Å². The van der Waals surface area contributed by atoms with Crippen molar-refractivity contribution in [3.05, 3.63) is 66.0 Å². The minimum atomic E-state index is -0.136. The molecular formula is C21H22N4O2. The maximum Gasteiger partial charge on any atom is 0.225 e. The van der Waals surface area contributed by atoms with Gasteiger partial charge in [-0.1, -0.05) is 36.4 Å². The van der Waals surface area contributed by atoms with Gasteiger partial charge in [-0.2, -0.15) is 0 Å². The Kier molecular flexibility index (Phi) is 4.87. The number of para-hydroxylation sites is 2. The third-order valence-corrected chi connectivity index (χ3v) is 4.97. The number of piperidine rings is 1. The van der Waals surface area contributed by atoms with Crippen LogP contribution in [0.1, 0.15) is 24.0 Å². The van der Waals surface area contributed by atoms with Crippen molar-refractivity contribution in [3.63, 3.8) is 0 Å². The summed E-state index contributed by atoms with van der Waals surface area (Å²) in [7, 11) is 0. The van der Waals surface area contributed by atoms with E-state index in [-0.39, 0.29) is 17.7 Å². The largest absolute Gasteiger partial charge is 0.355 e. The number of nitrogens with one attached hydrogen (secondary N) is 2. The molecule has 1 aliphatic heterocycles. The fourth-order valence-corrected chi connectivity index (χ4v) is 3.46. The SMILES string of the molecule is O=C1CCC(C(=O)NCc2cccc(Cn3cnc4ccccc43)c2)CN1. The van der Waals surface area contributed by atoms with Crippen LogP contribution in [0.5, 0.6) is 0 Å². The first-order valence-corrected chi connectivity index (χ1v) is 9.21. The highest BCUT2D eigenvalue weighted by Crippen LogP contribution is 2.15. The van der Waals surface area contributed by atoms with Crippen LogP contribution in [0.15, 0.2) is 54.9 Å². The minimum absolute atomic E-state index is 0.000932. The van der Waals surface area contributed by atoms with Crippen molar-refractivity contribution in [2.24, 2.45) is 5.92 Å². The van der Waals surface area contributed by atoms with E-state index in [9.17, 15) is 9.59 Å². The molecule has 2 amide bonds. The average molecular weight is 362 g/mol. The Hall–Kier alpha value is -3.15. The second-order valence-corrected chi connectivity index (χ2v) is 6.94. The highest BCUT2D eigenvalue weighted by Gasteiger charge is 2.23. The molecule has 0 saturated carbocycles. The van der Waals surface area contributed by atoms with Gasteiger partial charge in [-0.25, -0.2) is 4.98 Å². The van der Waals surface area contributed by atoms with Gasteiger partial charge in [0.05, 0.1) is 23.3 Å². The van der Waals surface area contributed by atoms with Crippen LogP contribution < -0.4 is 10.6 Å². The molecule has 6 nitrogen and oxygen atoms in total. The highest BCUT2D eigenvalue weighted by molar-refractivity contribution is 5.83. The number of benzene rings is 2. The lowest BCUT2D eigenvalue weighted by atomic mass is 9.98. The second kappa shape index (κ2) is 7.61. The molecule has 0 aliphatic carbocycles. The number of hydrogen-bond donors (Lipinski definition) is 2. The molecule has 1 aliphatic rings. The summed E-state index contributed by atoms with van der Waals surface area (Å²) in [6, 6.07) is 16.3. The summed E-state index contributed by atoms with van der Waals surface area (Å²) in [4.78, 5) is 27.9. The minimum Gasteiger partial charge on any atom is -0.355 e. The van der Waals surface area contributed by atoms with Crippen LogP contribution in [0.4, 0.5) is 0 Å². The first-order chi connectivity index (χ1) is 13.2. The number of carbonyl (C=O) groups is 2. The summed E-state index contributed by atoms with van der Waals surface area (Å²) < 4.78 is 2.12. The van der Waals surface area contributed by atoms with Gasteiger partial charge in [0.25, 0.3) is 0 Å². The lowest BCUT2D eigenvalue weighted by molar-refractivity contribution is -0.129. The molecule has 4 rings (SSSR count). The lowest BCUT2D eigenvalue weighted by Gasteiger charge is -2.21. The van der Waals surface area contributed by atoms with Gasteiger partial charge in [0.2, 0.25) is 11.8 Å². The number of fused-ring (bicyclic) bond motifs is 1. The Morgan fingerprint density at radius 3 is 2.89 bits per heavy atom. The predicted octanol–water partition coefficient (Wildman–Crippen LogP) is 2.23. The van der Waals surface area contributed by atoms with Crippen LogP contribution in [0.2, 0.25) is 0 Å². The number of rotatable bonds is 5. The molecule has 2 N–H and O–H groups in total. The van der Waals surface area contributed by atoms with Gasteiger partial charge in [0, 0.05) is 26.1 Å². The van der Waals surface area contributed by atoms with E-state index >= 15 is 0 Å². The number of imidazole rings is 1. The maximum atomic E-state index is 12.3. The van der Waals surface area contributed by atoms with Gasteiger partial charge in [-0.05, 0) is 29.7 Å². The van der Waals surface area contributed by atoms with E-state index in [4.69, 9.17) is 0 Å². The molecule has 2 heterocycles. The number of nitrogens with zero attached hydrogens (tertiary/aromatic N) is 2. The van der Waals surface area contributed by atoms with E-state index in [0.717, 1.165) is 28.7 Å². The van der Waals surface area contributed by atoms with E-state index in [1.807, 2.05) is 36.7 Å². The van der Waals surface area contributed by atoms with E-state index in [0.29, 0.717) is 25.9 Å². The van der Waals surface area contributed by atoms with E-state index in [1.54, 1.807) is 0 Å². The molecule has 6 heteroatoms. The van der Waals surface area contributed by atoms with Gasteiger partial charge in [0.1, 0.15) is 0 Å². The molecule has 1 aromatic heterocycles. The molecule has 1 unspecified atom stereocenters. The fourth-order valence-electron chi connectivity index (χ4n) is 3.46. The van der Waals surface area contributed by atoms with Crippen LogP contribution in [0, 0.1) is 5.92 Å². The Labute approximate surface area is 157 Å². The Bertz CT molecular complexity index is 969. The first-order valence-electron chi connectivity index (χ1n) is 9.21. The Morgan fingerprint density at radius 2 is 2.04 bits per heavy atom. The molecule has 1 saturated heterocycles. The van der Waals surface area contributed by atoms with Crippen molar-refractivity contribution in [3.8, 4) is 0 Å². The third-order valence-electron chi connectivity index (χ3n) is 4.97. The first kappa shape index (κ1) is 17.3. The van der Waals surface area contributed by atoms with Gasteiger partial charge < -0.3 is 15.2 Å². The van der Waals surface area contributed by atoms with E-state index < -0.39 is 0 Å². The monoisotopic (exact) mass is 362 g/mol. The lowest BCUT2D eigenvalue weighted by Crippen LogP contribution is -2.42. The maximum absolute atomic E-state index is 12.3. The van der Waals surface area contributed by atoms with Crippen LogP contribution in [0.25, 0.3) is 11.0 Å². The van der Waals surface area contributed by atoms with Crippen molar-refractivity contribution in [2.45, 2.75) is 25.9 Å². The fraction of sp³-hybridized carbons (Fsp3) is 0.286. The number of aromatic nitrogens is 2. The molecule has 1 fully saturated rings. The molecule has 3 aromatic rings. The predicted molar refractivity (Wildman–Crippen MR) is 103 cm³/mol. The topological polar surface area (TPSA) is 76.0 Å². The normalized spacial score (nSPS) is 16.9. The van der Waals surface area contributed by atoms with Crippen LogP contribution in [-0.2, 0) is 22.7 Å². The van der Waals surface area contributed by atoms with Crippen LogP contribution in [0.3, 0.4) is 0 Å². The Morgan fingerprint density at radius 1 is 1.19 bits per heavy atom. The van der Waals surface area contributed by atoms with E-state index in [2.05, 4.69) is 38.4 Å². The number of hydrogen-bond acceptors (Lipinski definition) is 3. The summed E-state index contributed by atoms with van der Waals surface area (Å²) in [5, 5.41) is 5.74. The molecule has 0 spiro atoms. The zero-order chi connectivity index (χ0) is 18.6. The smallest absolute Gasteiger partial charge is 0.225 e. The second-order valence-electron chi connectivity index (χ2n) is 6.94. The average Bonchev–Trinajstić information content (AvgIpc) is 3.10. The van der Waals surface area contributed by atoms with Crippen LogP contribution in [-0.4, -0.2) is 27.9 Å². The van der Waals surface area contributed by atoms with Crippen molar-refractivity contribution < 1.29 is 9.59 Å². The summed E-state index contributed by atoms with van der Waals surface area (Å²) in [5.41, 5.74) is 4.32.